The van der Waals surface area contributed by atoms with Gasteiger partial charge in [0.1, 0.15) is 12.0 Å². The van der Waals surface area contributed by atoms with E-state index in [0.717, 1.165) is 50.5 Å². The first-order chi connectivity index (χ1) is 14.7. The van der Waals surface area contributed by atoms with Gasteiger partial charge in [0, 0.05) is 26.2 Å². The van der Waals surface area contributed by atoms with E-state index < -0.39 is 0 Å². The minimum Gasteiger partial charge on any atom is -0.493 e. The maximum Gasteiger partial charge on any atom is 0.233 e. The number of morpholine rings is 1. The lowest BCUT2D eigenvalue weighted by atomic mass is 10.1. The minimum atomic E-state index is 0.00983. The molecule has 4 rings (SSSR count). The Morgan fingerprint density at radius 1 is 1.07 bits per heavy atom. The van der Waals surface area contributed by atoms with Crippen molar-refractivity contribution in [2.45, 2.75) is 12.0 Å². The summed E-state index contributed by atoms with van der Waals surface area (Å²) < 4.78 is 17.0. The van der Waals surface area contributed by atoms with Gasteiger partial charge in [0.2, 0.25) is 5.91 Å². The molecule has 0 aromatic heterocycles. The molecule has 6 nitrogen and oxygen atoms in total. The number of hydrogen-bond donors (Lipinski definition) is 0. The molecule has 0 saturated carbocycles. The average molecular weight is 429 g/mol. The fourth-order valence-corrected chi connectivity index (χ4v) is 4.95. The molecule has 2 saturated heterocycles. The molecule has 2 aliphatic heterocycles. The van der Waals surface area contributed by atoms with Crippen molar-refractivity contribution in [1.82, 2.24) is 9.80 Å². The standard InChI is InChI=1S/C23H28N2O4S/c1-27-21-15-19(7-8-20(21)29-16-18-5-3-2-4-6-18)23-25(22(26)17-30-23)10-9-24-11-13-28-14-12-24/h2-8,15,23H,9-14,16-17H2,1H3. The number of ether oxygens (including phenoxy) is 3. The van der Waals surface area contributed by atoms with Crippen LogP contribution >= 0.6 is 11.8 Å². The predicted octanol–water partition coefficient (Wildman–Crippen LogP) is 3.18. The van der Waals surface area contributed by atoms with Crippen LogP contribution in [0, 0.1) is 0 Å². The van der Waals surface area contributed by atoms with Crippen molar-refractivity contribution < 1.29 is 19.0 Å². The Morgan fingerprint density at radius 2 is 1.87 bits per heavy atom. The molecule has 2 aromatic rings. The molecule has 1 unspecified atom stereocenters. The number of hydrogen-bond acceptors (Lipinski definition) is 6. The van der Waals surface area contributed by atoms with Gasteiger partial charge in [0.25, 0.3) is 0 Å². The third kappa shape index (κ3) is 5.09. The van der Waals surface area contributed by atoms with Crippen LogP contribution in [0.2, 0.25) is 0 Å². The summed E-state index contributed by atoms with van der Waals surface area (Å²) in [5.41, 5.74) is 2.17. The monoisotopic (exact) mass is 428 g/mol. The van der Waals surface area contributed by atoms with Crippen molar-refractivity contribution in [2.24, 2.45) is 0 Å². The molecule has 0 spiro atoms. The van der Waals surface area contributed by atoms with Crippen molar-refractivity contribution in [3.05, 3.63) is 59.7 Å². The van der Waals surface area contributed by atoms with Gasteiger partial charge in [0.05, 0.1) is 26.1 Å². The van der Waals surface area contributed by atoms with Crippen LogP contribution in [0.4, 0.5) is 0 Å². The van der Waals surface area contributed by atoms with Crippen molar-refractivity contribution in [3.63, 3.8) is 0 Å². The number of benzene rings is 2. The number of nitrogens with zero attached hydrogens (tertiary/aromatic N) is 2. The van der Waals surface area contributed by atoms with Gasteiger partial charge in [-0.05, 0) is 23.3 Å². The van der Waals surface area contributed by atoms with Crippen molar-refractivity contribution >= 4 is 17.7 Å². The molecule has 2 aromatic carbocycles. The summed E-state index contributed by atoms with van der Waals surface area (Å²) in [6, 6.07) is 16.0. The van der Waals surface area contributed by atoms with E-state index in [4.69, 9.17) is 14.2 Å². The summed E-state index contributed by atoms with van der Waals surface area (Å²) in [5, 5.41) is 0.00983. The highest BCUT2D eigenvalue weighted by molar-refractivity contribution is 8.00. The van der Waals surface area contributed by atoms with Crippen LogP contribution in [-0.2, 0) is 16.1 Å². The smallest absolute Gasteiger partial charge is 0.233 e. The van der Waals surface area contributed by atoms with Crippen LogP contribution in [0.5, 0.6) is 11.5 Å². The second-order valence-corrected chi connectivity index (χ2v) is 8.46. The quantitative estimate of drug-likeness (QED) is 0.644. The second-order valence-electron chi connectivity index (χ2n) is 7.39. The maximum absolute atomic E-state index is 12.5. The summed E-state index contributed by atoms with van der Waals surface area (Å²) in [5.74, 6) is 2.11. The summed E-state index contributed by atoms with van der Waals surface area (Å²) in [7, 11) is 1.65. The van der Waals surface area contributed by atoms with Gasteiger partial charge in [0.15, 0.2) is 11.5 Å². The van der Waals surface area contributed by atoms with Gasteiger partial charge in [-0.25, -0.2) is 0 Å². The molecular weight excluding hydrogens is 400 g/mol. The molecule has 1 amide bonds. The summed E-state index contributed by atoms with van der Waals surface area (Å²) in [6.45, 7) is 5.50. The fraction of sp³-hybridized carbons (Fsp3) is 0.435. The Morgan fingerprint density at radius 3 is 2.63 bits per heavy atom. The predicted molar refractivity (Wildman–Crippen MR) is 118 cm³/mol. The molecule has 0 bridgehead atoms. The van der Waals surface area contributed by atoms with Gasteiger partial charge < -0.3 is 19.1 Å². The molecule has 0 N–H and O–H groups in total. The molecule has 0 aliphatic carbocycles. The van der Waals surface area contributed by atoms with Crippen LogP contribution in [-0.4, -0.2) is 68.0 Å². The number of thioether (sulfide) groups is 1. The van der Waals surface area contributed by atoms with Crippen LogP contribution in [0.3, 0.4) is 0 Å². The Balaban J connectivity index is 1.43. The largest absolute Gasteiger partial charge is 0.493 e. The third-order valence-electron chi connectivity index (χ3n) is 5.44. The highest BCUT2D eigenvalue weighted by Gasteiger charge is 2.33. The molecule has 7 heteroatoms. The highest BCUT2D eigenvalue weighted by atomic mass is 32.2. The van der Waals surface area contributed by atoms with Gasteiger partial charge in [-0.2, -0.15) is 0 Å². The fourth-order valence-electron chi connectivity index (χ4n) is 3.74. The molecule has 1 atom stereocenters. The molecule has 2 fully saturated rings. The zero-order valence-corrected chi connectivity index (χ0v) is 18.1. The molecule has 30 heavy (non-hydrogen) atoms. The van der Waals surface area contributed by atoms with Crippen molar-refractivity contribution in [2.75, 3.05) is 52.3 Å². The first-order valence-electron chi connectivity index (χ1n) is 10.3. The first-order valence-corrected chi connectivity index (χ1v) is 11.4. The second kappa shape index (κ2) is 10.2. The van der Waals surface area contributed by atoms with E-state index in [-0.39, 0.29) is 11.3 Å². The lowest BCUT2D eigenvalue weighted by Gasteiger charge is -2.30. The first kappa shape index (κ1) is 21.0. The Labute approximate surface area is 182 Å². The van der Waals surface area contributed by atoms with E-state index in [1.165, 1.54) is 0 Å². The van der Waals surface area contributed by atoms with E-state index in [0.29, 0.717) is 23.9 Å². The Hall–Kier alpha value is -2.22. The molecule has 0 radical (unpaired) electrons. The third-order valence-corrected chi connectivity index (χ3v) is 6.69. The van der Waals surface area contributed by atoms with Crippen LogP contribution in [0.25, 0.3) is 0 Å². The Kier molecular flexibility index (Phi) is 7.15. The molecule has 2 heterocycles. The maximum atomic E-state index is 12.5. The van der Waals surface area contributed by atoms with Crippen LogP contribution in [0.15, 0.2) is 48.5 Å². The van der Waals surface area contributed by atoms with Crippen molar-refractivity contribution in [3.8, 4) is 11.5 Å². The van der Waals surface area contributed by atoms with Gasteiger partial charge in [-0.15, -0.1) is 11.8 Å². The van der Waals surface area contributed by atoms with E-state index >= 15 is 0 Å². The van der Waals surface area contributed by atoms with Crippen LogP contribution in [0.1, 0.15) is 16.5 Å². The number of carbonyl (C=O) groups is 1. The summed E-state index contributed by atoms with van der Waals surface area (Å²) >= 11 is 1.67. The highest BCUT2D eigenvalue weighted by Crippen LogP contribution is 2.41. The van der Waals surface area contributed by atoms with E-state index in [1.54, 1.807) is 18.9 Å². The van der Waals surface area contributed by atoms with E-state index in [1.807, 2.05) is 53.4 Å². The topological polar surface area (TPSA) is 51.2 Å². The molecule has 160 valence electrons. The van der Waals surface area contributed by atoms with Gasteiger partial charge in [-0.1, -0.05) is 36.4 Å². The number of carbonyl (C=O) groups excluding carboxylic acids is 1. The summed E-state index contributed by atoms with van der Waals surface area (Å²) in [4.78, 5) is 16.9. The van der Waals surface area contributed by atoms with Crippen LogP contribution < -0.4 is 9.47 Å². The minimum absolute atomic E-state index is 0.00983. The van der Waals surface area contributed by atoms with E-state index in [2.05, 4.69) is 4.90 Å². The molecule has 2 aliphatic rings. The number of amides is 1. The van der Waals surface area contributed by atoms with Gasteiger partial charge >= 0.3 is 0 Å². The normalized spacial score (nSPS) is 19.8. The summed E-state index contributed by atoms with van der Waals surface area (Å²) in [6.07, 6.45) is 0. The van der Waals surface area contributed by atoms with E-state index in [9.17, 15) is 4.79 Å². The number of methoxy groups -OCH3 is 1. The molecular formula is C23H28N2O4S. The lowest BCUT2D eigenvalue weighted by Crippen LogP contribution is -2.42. The zero-order valence-electron chi connectivity index (χ0n) is 17.3. The van der Waals surface area contributed by atoms with Crippen molar-refractivity contribution in [1.29, 1.82) is 0 Å². The lowest BCUT2D eigenvalue weighted by molar-refractivity contribution is -0.128. The average Bonchev–Trinajstić information content (AvgIpc) is 3.17. The SMILES string of the molecule is COc1cc(C2SCC(=O)N2CCN2CCOCC2)ccc1OCc1ccccc1. The number of rotatable bonds is 8. The van der Waals surface area contributed by atoms with Gasteiger partial charge in [-0.3, -0.25) is 9.69 Å². The zero-order chi connectivity index (χ0) is 20.8. The Bertz CT molecular complexity index is 842.